The summed E-state index contributed by atoms with van der Waals surface area (Å²) in [6.45, 7) is 1.15. The second-order valence-corrected chi connectivity index (χ2v) is 7.75. The van der Waals surface area contributed by atoms with Gasteiger partial charge >= 0.3 is 0 Å². The first-order chi connectivity index (χ1) is 15.6. The fourth-order valence-corrected chi connectivity index (χ4v) is 4.77. The molecule has 2 fully saturated rings. The van der Waals surface area contributed by atoms with Crippen molar-refractivity contribution in [3.63, 3.8) is 0 Å². The topological polar surface area (TPSA) is 73.8 Å². The van der Waals surface area contributed by atoms with Crippen LogP contribution in [0.3, 0.4) is 0 Å². The Balaban J connectivity index is 1.64. The number of rotatable bonds is 8. The van der Waals surface area contributed by atoms with E-state index in [1.807, 2.05) is 24.3 Å². The number of fused-ring (bicyclic) bond motifs is 1. The molecule has 2 aliphatic heterocycles. The summed E-state index contributed by atoms with van der Waals surface area (Å²) in [5, 5.41) is 0. The van der Waals surface area contributed by atoms with Gasteiger partial charge in [-0.3, -0.25) is 0 Å². The molecule has 0 saturated carbocycles. The van der Waals surface area contributed by atoms with Gasteiger partial charge in [-0.05, 0) is 35.4 Å². The normalized spacial score (nSPS) is 24.1. The molecule has 0 N–H and O–H groups in total. The minimum absolute atomic E-state index is 0.138. The third kappa shape index (κ3) is 3.67. The van der Waals surface area contributed by atoms with Crippen molar-refractivity contribution in [2.75, 3.05) is 55.9 Å². The van der Waals surface area contributed by atoms with Gasteiger partial charge in [-0.15, -0.1) is 0 Å². The molecule has 0 radical (unpaired) electrons. The van der Waals surface area contributed by atoms with E-state index in [9.17, 15) is 0 Å². The zero-order chi connectivity index (χ0) is 22.8. The van der Waals surface area contributed by atoms with Gasteiger partial charge in [-0.25, -0.2) is 0 Å². The molecule has 0 unspecified atom stereocenters. The molecular weight excluding hydrogens is 416 g/mol. The molecular formula is C24H30O8. The first-order valence-electron chi connectivity index (χ1n) is 10.4. The zero-order valence-electron chi connectivity index (χ0n) is 19.3. The molecule has 0 bridgehead atoms. The van der Waals surface area contributed by atoms with E-state index in [0.29, 0.717) is 47.7 Å². The van der Waals surface area contributed by atoms with Gasteiger partial charge in [0.1, 0.15) is 0 Å². The summed E-state index contributed by atoms with van der Waals surface area (Å²) in [4.78, 5) is 0. The fraction of sp³-hybridized carbons (Fsp3) is 0.500. The Hall–Kier alpha value is -2.84. The molecule has 2 aromatic rings. The van der Waals surface area contributed by atoms with E-state index in [-0.39, 0.29) is 24.0 Å². The van der Waals surface area contributed by atoms with Crippen molar-refractivity contribution in [2.45, 2.75) is 12.2 Å². The fourth-order valence-electron chi connectivity index (χ4n) is 4.77. The van der Waals surface area contributed by atoms with Gasteiger partial charge in [0.2, 0.25) is 11.5 Å². The quantitative estimate of drug-likeness (QED) is 0.606. The predicted molar refractivity (Wildman–Crippen MR) is 117 cm³/mol. The molecule has 2 saturated heterocycles. The summed E-state index contributed by atoms with van der Waals surface area (Å²) in [6.07, 6.45) is -0.276. The molecule has 32 heavy (non-hydrogen) atoms. The van der Waals surface area contributed by atoms with Gasteiger partial charge in [-0.1, -0.05) is 0 Å². The van der Waals surface area contributed by atoms with Crippen LogP contribution in [0.15, 0.2) is 24.3 Å². The number of hydrogen-bond donors (Lipinski definition) is 0. The monoisotopic (exact) mass is 446 g/mol. The van der Waals surface area contributed by atoms with Crippen LogP contribution in [0.1, 0.15) is 23.3 Å². The largest absolute Gasteiger partial charge is 0.493 e. The average Bonchev–Trinajstić information content (AvgIpc) is 3.44. The molecule has 2 aromatic carbocycles. The minimum Gasteiger partial charge on any atom is -0.493 e. The Bertz CT molecular complexity index is 832. The van der Waals surface area contributed by atoms with E-state index in [4.69, 9.17) is 37.9 Å². The number of ether oxygens (including phenoxy) is 8. The van der Waals surface area contributed by atoms with E-state index in [2.05, 4.69) is 0 Å². The number of hydrogen-bond acceptors (Lipinski definition) is 8. The molecule has 8 heteroatoms. The van der Waals surface area contributed by atoms with E-state index < -0.39 is 0 Å². The third-order valence-electron chi connectivity index (χ3n) is 6.30. The van der Waals surface area contributed by atoms with Crippen molar-refractivity contribution in [1.29, 1.82) is 0 Å². The number of benzene rings is 2. The van der Waals surface area contributed by atoms with Crippen molar-refractivity contribution < 1.29 is 37.9 Å². The van der Waals surface area contributed by atoms with Crippen LogP contribution >= 0.6 is 0 Å². The maximum Gasteiger partial charge on any atom is 0.203 e. The van der Waals surface area contributed by atoms with Gasteiger partial charge in [0.25, 0.3) is 0 Å². The summed E-state index contributed by atoms with van der Waals surface area (Å²) in [6, 6.07) is 7.78. The zero-order valence-corrected chi connectivity index (χ0v) is 19.3. The van der Waals surface area contributed by atoms with E-state index in [1.54, 1.807) is 42.7 Å². The average molecular weight is 446 g/mol. The van der Waals surface area contributed by atoms with Gasteiger partial charge in [0, 0.05) is 11.8 Å². The van der Waals surface area contributed by atoms with Gasteiger partial charge in [0.15, 0.2) is 23.0 Å². The Morgan fingerprint density at radius 3 is 1.09 bits per heavy atom. The Kier molecular flexibility index (Phi) is 6.53. The van der Waals surface area contributed by atoms with Gasteiger partial charge in [-0.2, -0.15) is 0 Å². The van der Waals surface area contributed by atoms with Crippen LogP contribution in [0, 0.1) is 11.8 Å². The first-order valence-corrected chi connectivity index (χ1v) is 10.4. The number of methoxy groups -OCH3 is 6. The molecule has 174 valence electrons. The van der Waals surface area contributed by atoms with Crippen LogP contribution in [0.2, 0.25) is 0 Å². The van der Waals surface area contributed by atoms with Crippen LogP contribution < -0.4 is 28.4 Å². The molecule has 4 atom stereocenters. The highest BCUT2D eigenvalue weighted by Crippen LogP contribution is 2.53. The highest BCUT2D eigenvalue weighted by atomic mass is 16.5. The second kappa shape index (κ2) is 9.34. The summed E-state index contributed by atoms with van der Waals surface area (Å²) < 4.78 is 45.5. The minimum atomic E-state index is -0.138. The molecule has 2 heterocycles. The van der Waals surface area contributed by atoms with Crippen LogP contribution in [-0.4, -0.2) is 55.9 Å². The molecule has 4 rings (SSSR count). The lowest BCUT2D eigenvalue weighted by Gasteiger charge is -2.20. The summed E-state index contributed by atoms with van der Waals surface area (Å²) in [7, 11) is 9.62. The van der Waals surface area contributed by atoms with E-state index in [0.717, 1.165) is 11.1 Å². The van der Waals surface area contributed by atoms with Crippen LogP contribution in [0.4, 0.5) is 0 Å². The molecule has 0 spiro atoms. The highest BCUT2D eigenvalue weighted by molar-refractivity contribution is 5.55. The Morgan fingerprint density at radius 2 is 0.844 bits per heavy atom. The standard InChI is InChI=1S/C24H30O8/c1-25-17-7-13(8-18(26-2)23(17)29-5)21-15-11-32-22(16(15)12-31-21)14-9-19(27-3)24(30-6)20(10-14)28-4/h7-10,15-16,21-22H,11-12H2,1-6H3/t15-,16-,21-,22-/m1/s1. The van der Waals surface area contributed by atoms with Crippen molar-refractivity contribution in [1.82, 2.24) is 0 Å². The molecule has 0 aromatic heterocycles. The summed E-state index contributed by atoms with van der Waals surface area (Å²) in [5.41, 5.74) is 1.95. The molecule has 0 amide bonds. The molecule has 0 aliphatic carbocycles. The van der Waals surface area contributed by atoms with E-state index in [1.165, 1.54) is 0 Å². The Morgan fingerprint density at radius 1 is 0.531 bits per heavy atom. The Labute approximate surface area is 188 Å². The van der Waals surface area contributed by atoms with E-state index >= 15 is 0 Å². The van der Waals surface area contributed by atoms with Gasteiger partial charge < -0.3 is 37.9 Å². The molecule has 8 nitrogen and oxygen atoms in total. The highest BCUT2D eigenvalue weighted by Gasteiger charge is 2.48. The summed E-state index contributed by atoms with van der Waals surface area (Å²) in [5.74, 6) is 3.91. The SMILES string of the molecule is COc1cc([C@H]2OC[C@@H]3[C@H]2CO[C@@H]3c2cc(OC)c(OC)c(OC)c2)cc(OC)c1OC. The maximum absolute atomic E-state index is 6.27. The predicted octanol–water partition coefficient (Wildman–Crippen LogP) is 3.81. The lowest BCUT2D eigenvalue weighted by Crippen LogP contribution is -2.15. The van der Waals surface area contributed by atoms with Crippen LogP contribution in [0.25, 0.3) is 0 Å². The lowest BCUT2D eigenvalue weighted by atomic mass is 9.84. The first kappa shape index (κ1) is 22.4. The van der Waals surface area contributed by atoms with Gasteiger partial charge in [0.05, 0.1) is 68.1 Å². The van der Waals surface area contributed by atoms with Crippen molar-refractivity contribution in [3.8, 4) is 34.5 Å². The third-order valence-corrected chi connectivity index (χ3v) is 6.30. The summed E-state index contributed by atoms with van der Waals surface area (Å²) >= 11 is 0. The smallest absolute Gasteiger partial charge is 0.203 e. The van der Waals surface area contributed by atoms with Crippen molar-refractivity contribution in [3.05, 3.63) is 35.4 Å². The molecule has 2 aliphatic rings. The lowest BCUT2D eigenvalue weighted by molar-refractivity contribution is 0.0190. The van der Waals surface area contributed by atoms with Crippen LogP contribution in [0.5, 0.6) is 34.5 Å². The van der Waals surface area contributed by atoms with Crippen molar-refractivity contribution in [2.24, 2.45) is 11.8 Å². The van der Waals surface area contributed by atoms with Crippen molar-refractivity contribution >= 4 is 0 Å². The van der Waals surface area contributed by atoms with Crippen LogP contribution in [-0.2, 0) is 9.47 Å². The second-order valence-electron chi connectivity index (χ2n) is 7.75. The maximum atomic E-state index is 6.27.